The zero-order chi connectivity index (χ0) is 21.8. The molecule has 0 saturated heterocycles. The Morgan fingerprint density at radius 1 is 1.19 bits per heavy atom. The average Bonchev–Trinajstić information content (AvgIpc) is 3.34. The number of carbonyl (C=O) groups excluding carboxylic acids is 2. The van der Waals surface area contributed by atoms with Gasteiger partial charge in [0.05, 0.1) is 17.7 Å². The smallest absolute Gasteiger partial charge is 0.338 e. The minimum atomic E-state index is -0.398. The number of aliphatic imine (C=N–C) groups is 1. The molecule has 4 rings (SSSR count). The average molecular weight is 437 g/mol. The van der Waals surface area contributed by atoms with Gasteiger partial charge in [0.15, 0.2) is 0 Å². The molecule has 3 aromatic rings. The maximum atomic E-state index is 13.4. The topological polar surface area (TPSA) is 67.8 Å². The summed E-state index contributed by atoms with van der Waals surface area (Å²) in [6, 6.07) is 12.7. The Morgan fingerprint density at radius 2 is 2.00 bits per heavy atom. The zero-order valence-electron chi connectivity index (χ0n) is 17.0. The van der Waals surface area contributed by atoms with Gasteiger partial charge in [0.1, 0.15) is 10.8 Å². The van der Waals surface area contributed by atoms with Gasteiger partial charge in [0.2, 0.25) is 0 Å². The Balaban J connectivity index is 1.57. The van der Waals surface area contributed by atoms with Gasteiger partial charge in [-0.25, -0.2) is 14.2 Å². The lowest BCUT2D eigenvalue weighted by Gasteiger charge is -2.08. The summed E-state index contributed by atoms with van der Waals surface area (Å²) >= 11 is 1.51. The van der Waals surface area contributed by atoms with Crippen molar-refractivity contribution in [3.8, 4) is 0 Å². The molecule has 0 saturated carbocycles. The second-order valence-corrected chi connectivity index (χ2v) is 8.19. The summed E-state index contributed by atoms with van der Waals surface area (Å²) in [6.45, 7) is 2.06. The number of fused-ring (bicyclic) bond motifs is 1. The van der Waals surface area contributed by atoms with Crippen molar-refractivity contribution < 1.29 is 18.7 Å². The Labute approximate surface area is 183 Å². The van der Waals surface area contributed by atoms with Crippen LogP contribution in [0.3, 0.4) is 0 Å². The summed E-state index contributed by atoms with van der Waals surface area (Å²) in [6.07, 6.45) is 4.37. The summed E-state index contributed by atoms with van der Waals surface area (Å²) < 4.78 is 18.4. The van der Waals surface area contributed by atoms with Gasteiger partial charge in [-0.1, -0.05) is 12.1 Å². The van der Waals surface area contributed by atoms with E-state index in [1.54, 1.807) is 49.5 Å². The van der Waals surface area contributed by atoms with Crippen LogP contribution < -0.4 is 5.32 Å². The van der Waals surface area contributed by atoms with Gasteiger partial charge >= 0.3 is 5.97 Å². The first-order chi connectivity index (χ1) is 15.0. The van der Waals surface area contributed by atoms with Gasteiger partial charge in [-0.05, 0) is 73.7 Å². The summed E-state index contributed by atoms with van der Waals surface area (Å²) in [5.74, 6) is -0.971. The maximum Gasteiger partial charge on any atom is 0.338 e. The van der Waals surface area contributed by atoms with Crippen molar-refractivity contribution in [2.75, 3.05) is 11.9 Å². The first kappa shape index (κ1) is 20.9. The van der Waals surface area contributed by atoms with E-state index in [0.29, 0.717) is 34.0 Å². The molecule has 1 aromatic heterocycles. The standard InChI is InChI=1S/C24H21FN2O3S/c1-2-30-24(29)16-9-11-18(12-10-16)27-22(28)21-19-7-4-8-20(19)31-23(21)26-14-15-5-3-6-17(25)13-15/h3,5-6,9-14H,2,4,7-8H2,1H3,(H,27,28)/b26-14+. The summed E-state index contributed by atoms with van der Waals surface area (Å²) in [5, 5.41) is 3.52. The molecule has 0 spiro atoms. The predicted molar refractivity (Wildman–Crippen MR) is 120 cm³/mol. The lowest BCUT2D eigenvalue weighted by atomic mass is 10.1. The second-order valence-electron chi connectivity index (χ2n) is 7.10. The summed E-state index contributed by atoms with van der Waals surface area (Å²) in [4.78, 5) is 30.6. The van der Waals surface area contributed by atoms with E-state index in [9.17, 15) is 14.0 Å². The number of rotatable bonds is 6. The highest BCUT2D eigenvalue weighted by Crippen LogP contribution is 2.41. The number of nitrogens with one attached hydrogen (secondary N) is 1. The fourth-order valence-electron chi connectivity index (χ4n) is 3.53. The highest BCUT2D eigenvalue weighted by molar-refractivity contribution is 7.16. The van der Waals surface area contributed by atoms with Crippen molar-refractivity contribution in [1.29, 1.82) is 0 Å². The van der Waals surface area contributed by atoms with Gasteiger partial charge in [-0.15, -0.1) is 11.3 Å². The molecule has 7 heteroatoms. The number of aryl methyl sites for hydroxylation is 1. The molecular weight excluding hydrogens is 415 g/mol. The van der Waals surface area contributed by atoms with Crippen LogP contribution in [0.5, 0.6) is 0 Å². The monoisotopic (exact) mass is 436 g/mol. The van der Waals surface area contributed by atoms with Gasteiger partial charge in [0.25, 0.3) is 5.91 Å². The number of carbonyl (C=O) groups is 2. The van der Waals surface area contributed by atoms with E-state index in [1.165, 1.54) is 28.3 Å². The molecule has 2 aromatic carbocycles. The van der Waals surface area contributed by atoms with Crippen molar-refractivity contribution in [1.82, 2.24) is 0 Å². The number of hydrogen-bond acceptors (Lipinski definition) is 5. The van der Waals surface area contributed by atoms with Crippen LogP contribution in [0.25, 0.3) is 0 Å². The Morgan fingerprint density at radius 3 is 2.74 bits per heavy atom. The minimum Gasteiger partial charge on any atom is -0.462 e. The number of thiophene rings is 1. The molecule has 31 heavy (non-hydrogen) atoms. The first-order valence-corrected chi connectivity index (χ1v) is 10.9. The summed E-state index contributed by atoms with van der Waals surface area (Å²) in [5.41, 5.74) is 3.25. The van der Waals surface area contributed by atoms with Crippen molar-refractivity contribution in [2.45, 2.75) is 26.2 Å². The van der Waals surface area contributed by atoms with Crippen LogP contribution in [0.2, 0.25) is 0 Å². The van der Waals surface area contributed by atoms with Crippen LogP contribution in [0, 0.1) is 5.82 Å². The van der Waals surface area contributed by atoms with Crippen LogP contribution in [0.1, 0.15) is 50.1 Å². The molecule has 0 atom stereocenters. The molecular formula is C24H21FN2O3S. The van der Waals surface area contributed by atoms with Gasteiger partial charge < -0.3 is 10.1 Å². The van der Waals surface area contributed by atoms with E-state index < -0.39 is 5.97 Å². The number of hydrogen-bond donors (Lipinski definition) is 1. The largest absolute Gasteiger partial charge is 0.462 e. The van der Waals surface area contributed by atoms with Crippen LogP contribution in [0.15, 0.2) is 53.5 Å². The summed E-state index contributed by atoms with van der Waals surface area (Å²) in [7, 11) is 0. The predicted octanol–water partition coefficient (Wildman–Crippen LogP) is 5.56. The van der Waals surface area contributed by atoms with E-state index in [-0.39, 0.29) is 11.7 Å². The zero-order valence-corrected chi connectivity index (χ0v) is 17.8. The van der Waals surface area contributed by atoms with Crippen molar-refractivity contribution in [3.63, 3.8) is 0 Å². The number of amides is 1. The van der Waals surface area contributed by atoms with E-state index >= 15 is 0 Å². The number of halogens is 1. The van der Waals surface area contributed by atoms with Gasteiger partial charge in [-0.2, -0.15) is 0 Å². The van der Waals surface area contributed by atoms with Crippen LogP contribution in [-0.2, 0) is 17.6 Å². The van der Waals surface area contributed by atoms with Gasteiger partial charge in [-0.3, -0.25) is 4.79 Å². The third-order valence-electron chi connectivity index (χ3n) is 4.96. The molecule has 158 valence electrons. The molecule has 0 bridgehead atoms. The third-order valence-corrected chi connectivity index (χ3v) is 6.16. The van der Waals surface area contributed by atoms with E-state index in [2.05, 4.69) is 10.3 Å². The van der Waals surface area contributed by atoms with Gasteiger partial charge in [0, 0.05) is 16.8 Å². The molecule has 1 aliphatic carbocycles. The number of nitrogens with zero attached hydrogens (tertiary/aromatic N) is 1. The van der Waals surface area contributed by atoms with Crippen LogP contribution >= 0.6 is 11.3 Å². The molecule has 0 fully saturated rings. The van der Waals surface area contributed by atoms with E-state index in [1.807, 2.05) is 0 Å². The van der Waals surface area contributed by atoms with Crippen LogP contribution in [0.4, 0.5) is 15.1 Å². The Kier molecular flexibility index (Phi) is 6.23. The molecule has 1 N–H and O–H groups in total. The lowest BCUT2D eigenvalue weighted by Crippen LogP contribution is -2.13. The lowest BCUT2D eigenvalue weighted by molar-refractivity contribution is 0.0526. The minimum absolute atomic E-state index is 0.241. The first-order valence-electron chi connectivity index (χ1n) is 10.1. The second kappa shape index (κ2) is 9.22. The molecule has 0 aliphatic heterocycles. The number of esters is 1. The fraction of sp³-hybridized carbons (Fsp3) is 0.208. The van der Waals surface area contributed by atoms with E-state index in [4.69, 9.17) is 4.74 Å². The fourth-order valence-corrected chi connectivity index (χ4v) is 4.76. The third kappa shape index (κ3) is 4.72. The number of benzene rings is 2. The Hall–Kier alpha value is -3.32. The quantitative estimate of drug-likeness (QED) is 0.407. The SMILES string of the molecule is CCOC(=O)c1ccc(NC(=O)c2c(/N=C/c3cccc(F)c3)sc3c2CCC3)cc1. The van der Waals surface area contributed by atoms with Crippen molar-refractivity contribution in [2.24, 2.45) is 4.99 Å². The maximum absolute atomic E-state index is 13.4. The highest BCUT2D eigenvalue weighted by atomic mass is 32.1. The normalized spacial score (nSPS) is 12.7. The molecule has 0 radical (unpaired) electrons. The molecule has 0 unspecified atom stereocenters. The van der Waals surface area contributed by atoms with Crippen molar-refractivity contribution >= 4 is 40.1 Å². The molecule has 1 amide bonds. The highest BCUT2D eigenvalue weighted by Gasteiger charge is 2.26. The van der Waals surface area contributed by atoms with Crippen molar-refractivity contribution in [3.05, 3.63) is 81.5 Å². The number of anilines is 1. The molecule has 1 aliphatic rings. The van der Waals surface area contributed by atoms with Crippen LogP contribution in [-0.4, -0.2) is 24.7 Å². The molecule has 5 nitrogen and oxygen atoms in total. The number of ether oxygens (including phenoxy) is 1. The van der Waals surface area contributed by atoms with E-state index in [0.717, 1.165) is 24.8 Å². The molecule has 1 heterocycles. The Bertz CT molecular complexity index is 1150.